The van der Waals surface area contributed by atoms with E-state index in [0.29, 0.717) is 5.56 Å². The minimum absolute atomic E-state index is 0.0562. The monoisotopic (exact) mass is 225 g/mol. The van der Waals surface area contributed by atoms with Crippen LogP contribution in [-0.4, -0.2) is 18.2 Å². The molecule has 0 saturated carbocycles. The summed E-state index contributed by atoms with van der Waals surface area (Å²) in [5.74, 6) is -0.649. The number of ether oxygens (including phenoxy) is 1. The number of benzene rings is 1. The van der Waals surface area contributed by atoms with Crippen LogP contribution in [0.25, 0.3) is 0 Å². The average Bonchev–Trinajstić information content (AvgIpc) is 2.26. The first-order valence-corrected chi connectivity index (χ1v) is 4.43. The highest BCUT2D eigenvalue weighted by molar-refractivity contribution is 6.32. The summed E-state index contributed by atoms with van der Waals surface area (Å²) in [6.45, 7) is -0.255. The number of aliphatic hydroxyl groups excluding tert-OH is 1. The molecule has 0 amide bonds. The van der Waals surface area contributed by atoms with E-state index in [1.54, 1.807) is 0 Å². The van der Waals surface area contributed by atoms with Crippen LogP contribution in [-0.2, 0) is 11.3 Å². The number of hydrogen-bond acceptors (Lipinski definition) is 4. The molecule has 0 saturated heterocycles. The first-order chi connectivity index (χ1) is 7.13. The van der Waals surface area contributed by atoms with Crippen molar-refractivity contribution < 1.29 is 14.6 Å². The number of esters is 1. The zero-order chi connectivity index (χ0) is 11.4. The number of methoxy groups -OCH3 is 1. The van der Waals surface area contributed by atoms with Crippen LogP contribution in [0.3, 0.4) is 0 Å². The second-order valence-corrected chi connectivity index (χ2v) is 3.17. The molecule has 5 heteroatoms. The first kappa shape index (κ1) is 11.5. The number of hydrogen-bond donors (Lipinski definition) is 1. The van der Waals surface area contributed by atoms with E-state index < -0.39 is 5.97 Å². The van der Waals surface area contributed by atoms with Crippen molar-refractivity contribution in [3.05, 3.63) is 33.8 Å². The number of halogens is 1. The van der Waals surface area contributed by atoms with Crippen molar-refractivity contribution in [1.29, 1.82) is 5.26 Å². The zero-order valence-electron chi connectivity index (χ0n) is 7.95. The third-order valence-corrected chi connectivity index (χ3v) is 2.15. The third kappa shape index (κ3) is 2.27. The predicted molar refractivity (Wildman–Crippen MR) is 53.4 cm³/mol. The van der Waals surface area contributed by atoms with Gasteiger partial charge < -0.3 is 9.84 Å². The highest BCUT2D eigenvalue weighted by atomic mass is 35.5. The lowest BCUT2D eigenvalue weighted by Gasteiger charge is -2.06. The van der Waals surface area contributed by atoms with Gasteiger partial charge >= 0.3 is 5.97 Å². The summed E-state index contributed by atoms with van der Waals surface area (Å²) in [4.78, 5) is 11.3. The van der Waals surface area contributed by atoms with Gasteiger partial charge in [-0.15, -0.1) is 0 Å². The van der Waals surface area contributed by atoms with Gasteiger partial charge in [0.1, 0.15) is 6.07 Å². The molecule has 0 aliphatic rings. The van der Waals surface area contributed by atoms with Gasteiger partial charge in [-0.2, -0.15) is 5.26 Å². The predicted octanol–water partition coefficient (Wildman–Crippen LogP) is 1.49. The Bertz CT molecular complexity index is 437. The molecule has 0 radical (unpaired) electrons. The van der Waals surface area contributed by atoms with Crippen molar-refractivity contribution in [1.82, 2.24) is 0 Å². The number of carbonyl (C=O) groups excluding carboxylic acids is 1. The summed E-state index contributed by atoms with van der Waals surface area (Å²) in [6, 6.07) is 4.64. The van der Waals surface area contributed by atoms with Gasteiger partial charge in [-0.05, 0) is 17.7 Å². The van der Waals surface area contributed by atoms with E-state index in [0.717, 1.165) is 0 Å². The van der Waals surface area contributed by atoms with E-state index in [-0.39, 0.29) is 22.8 Å². The Morgan fingerprint density at radius 2 is 2.33 bits per heavy atom. The Balaban J connectivity index is 3.40. The van der Waals surface area contributed by atoms with Crippen molar-refractivity contribution in [2.24, 2.45) is 0 Å². The van der Waals surface area contributed by atoms with Crippen LogP contribution < -0.4 is 0 Å². The Hall–Kier alpha value is -1.57. The maximum atomic E-state index is 11.3. The van der Waals surface area contributed by atoms with E-state index in [2.05, 4.69) is 4.74 Å². The first-order valence-electron chi connectivity index (χ1n) is 4.05. The quantitative estimate of drug-likeness (QED) is 0.775. The summed E-state index contributed by atoms with van der Waals surface area (Å²) in [6.07, 6.45) is 0. The summed E-state index contributed by atoms with van der Waals surface area (Å²) in [7, 11) is 1.21. The van der Waals surface area contributed by atoms with Crippen molar-refractivity contribution in [2.45, 2.75) is 6.61 Å². The summed E-state index contributed by atoms with van der Waals surface area (Å²) < 4.78 is 4.50. The van der Waals surface area contributed by atoms with E-state index >= 15 is 0 Å². The van der Waals surface area contributed by atoms with Crippen molar-refractivity contribution in [3.8, 4) is 6.07 Å². The highest BCUT2D eigenvalue weighted by Gasteiger charge is 2.16. The third-order valence-electron chi connectivity index (χ3n) is 1.85. The maximum Gasteiger partial charge on any atom is 0.339 e. The normalized spacial score (nSPS) is 9.47. The van der Waals surface area contributed by atoms with Gasteiger partial charge in [-0.1, -0.05) is 11.6 Å². The largest absolute Gasteiger partial charge is 0.465 e. The molecule has 78 valence electrons. The fourth-order valence-corrected chi connectivity index (χ4v) is 1.42. The Labute approximate surface area is 91.7 Å². The number of carbonyl (C=O) groups is 1. The van der Waals surface area contributed by atoms with Gasteiger partial charge in [-0.3, -0.25) is 0 Å². The number of aliphatic hydroxyl groups is 1. The molecular weight excluding hydrogens is 218 g/mol. The molecule has 0 spiro atoms. The molecule has 1 aromatic rings. The van der Waals surface area contributed by atoms with Crippen molar-refractivity contribution >= 4 is 17.6 Å². The molecular formula is C10H8ClNO3. The van der Waals surface area contributed by atoms with Crippen LogP contribution in [0.4, 0.5) is 0 Å². The Morgan fingerprint density at radius 3 is 2.80 bits per heavy atom. The maximum absolute atomic E-state index is 11.3. The van der Waals surface area contributed by atoms with Gasteiger partial charge in [0, 0.05) is 0 Å². The van der Waals surface area contributed by atoms with E-state index in [1.807, 2.05) is 6.07 Å². The molecule has 0 heterocycles. The summed E-state index contributed by atoms with van der Waals surface area (Å²) in [5.41, 5.74) is 0.580. The van der Waals surface area contributed by atoms with Crippen LogP contribution in [0.1, 0.15) is 21.5 Å². The van der Waals surface area contributed by atoms with Crippen LogP contribution in [0.15, 0.2) is 12.1 Å². The molecule has 1 rings (SSSR count). The standard InChI is InChI=1S/C10H8ClNO3/c1-15-10(14)7-2-6(5-13)3-9(11)8(7)4-12/h2-3,13H,5H2,1H3. The molecule has 0 atom stereocenters. The molecule has 15 heavy (non-hydrogen) atoms. The Morgan fingerprint density at radius 1 is 1.67 bits per heavy atom. The van der Waals surface area contributed by atoms with E-state index in [4.69, 9.17) is 22.0 Å². The second-order valence-electron chi connectivity index (χ2n) is 2.76. The lowest BCUT2D eigenvalue weighted by molar-refractivity contribution is 0.0600. The molecule has 0 bridgehead atoms. The fraction of sp³-hybridized carbons (Fsp3) is 0.200. The molecule has 0 aliphatic carbocycles. The fourth-order valence-electron chi connectivity index (χ4n) is 1.14. The minimum atomic E-state index is -0.649. The van der Waals surface area contributed by atoms with Gasteiger partial charge in [0.05, 0.1) is 29.9 Å². The smallest absolute Gasteiger partial charge is 0.339 e. The molecule has 0 fully saturated rings. The minimum Gasteiger partial charge on any atom is -0.465 e. The Kier molecular flexibility index (Phi) is 3.67. The summed E-state index contributed by atoms with van der Waals surface area (Å²) >= 11 is 5.77. The van der Waals surface area contributed by atoms with Crippen LogP contribution in [0, 0.1) is 11.3 Å². The molecule has 0 unspecified atom stereocenters. The molecule has 1 aromatic carbocycles. The van der Waals surface area contributed by atoms with Crippen molar-refractivity contribution in [2.75, 3.05) is 7.11 Å². The number of nitriles is 1. The van der Waals surface area contributed by atoms with Crippen LogP contribution in [0.2, 0.25) is 5.02 Å². The van der Waals surface area contributed by atoms with Gasteiger partial charge in [0.15, 0.2) is 0 Å². The molecule has 4 nitrogen and oxygen atoms in total. The number of rotatable bonds is 2. The van der Waals surface area contributed by atoms with Crippen LogP contribution in [0.5, 0.6) is 0 Å². The molecule has 0 aromatic heterocycles. The van der Waals surface area contributed by atoms with Crippen LogP contribution >= 0.6 is 11.6 Å². The molecule has 0 aliphatic heterocycles. The topological polar surface area (TPSA) is 70.3 Å². The zero-order valence-corrected chi connectivity index (χ0v) is 8.71. The van der Waals surface area contributed by atoms with Gasteiger partial charge in [0.25, 0.3) is 0 Å². The van der Waals surface area contributed by atoms with E-state index in [1.165, 1.54) is 19.2 Å². The van der Waals surface area contributed by atoms with Gasteiger partial charge in [0.2, 0.25) is 0 Å². The second kappa shape index (κ2) is 4.78. The lowest BCUT2D eigenvalue weighted by atomic mass is 10.0. The number of nitrogens with zero attached hydrogens (tertiary/aromatic N) is 1. The summed E-state index contributed by atoms with van der Waals surface area (Å²) in [5, 5.41) is 17.8. The SMILES string of the molecule is COC(=O)c1cc(CO)cc(Cl)c1C#N. The lowest BCUT2D eigenvalue weighted by Crippen LogP contribution is -2.05. The van der Waals surface area contributed by atoms with E-state index in [9.17, 15) is 4.79 Å². The average molecular weight is 226 g/mol. The highest BCUT2D eigenvalue weighted by Crippen LogP contribution is 2.22. The van der Waals surface area contributed by atoms with Crippen molar-refractivity contribution in [3.63, 3.8) is 0 Å². The molecule has 1 N–H and O–H groups in total. The van der Waals surface area contributed by atoms with Gasteiger partial charge in [-0.25, -0.2) is 4.79 Å².